The number of nitrogens with one attached hydrogen (secondary N) is 2. The average molecular weight is 370 g/mol. The van der Waals surface area contributed by atoms with Crippen LogP contribution in [0.15, 0.2) is 56.7 Å². The van der Waals surface area contributed by atoms with Crippen LogP contribution >= 0.6 is 0 Å². The zero-order valence-electron chi connectivity index (χ0n) is 14.2. The van der Waals surface area contributed by atoms with Gasteiger partial charge in [0.1, 0.15) is 11.3 Å². The molecule has 7 heteroatoms. The van der Waals surface area contributed by atoms with Gasteiger partial charge in [-0.1, -0.05) is 6.07 Å². The number of sulfone groups is 1. The van der Waals surface area contributed by atoms with Crippen LogP contribution in [0.4, 0.5) is 0 Å². The fraction of sp³-hybridized carbons (Fsp3) is 0.211. The van der Waals surface area contributed by atoms with E-state index in [9.17, 15) is 13.2 Å². The number of rotatable bonds is 3. The van der Waals surface area contributed by atoms with Crippen LogP contribution in [0, 0.1) is 0 Å². The Labute approximate surface area is 151 Å². The molecule has 1 aromatic heterocycles. The molecule has 26 heavy (non-hydrogen) atoms. The summed E-state index contributed by atoms with van der Waals surface area (Å²) in [5, 5.41) is 6.70. The highest BCUT2D eigenvalue weighted by molar-refractivity contribution is 7.91. The van der Waals surface area contributed by atoms with Gasteiger partial charge < -0.3 is 15.1 Å². The first-order valence-electron chi connectivity index (χ1n) is 8.33. The number of furan rings is 1. The van der Waals surface area contributed by atoms with Gasteiger partial charge in [-0.25, -0.2) is 8.42 Å². The maximum absolute atomic E-state index is 13.0. The van der Waals surface area contributed by atoms with Crippen LogP contribution in [-0.2, 0) is 22.8 Å². The maximum Gasteiger partial charge on any atom is 0.251 e. The molecule has 0 saturated heterocycles. The average Bonchev–Trinajstić information content (AvgIpc) is 3.05. The monoisotopic (exact) mass is 370 g/mol. The third-order valence-corrected chi connectivity index (χ3v) is 6.38. The van der Waals surface area contributed by atoms with Crippen molar-refractivity contribution in [2.24, 2.45) is 0 Å². The Morgan fingerprint density at radius 1 is 1.15 bits per heavy atom. The molecule has 0 atom stereocenters. The largest absolute Gasteiger partial charge is 0.459 e. The molecule has 1 amide bonds. The van der Waals surface area contributed by atoms with Crippen LogP contribution in [0.2, 0.25) is 0 Å². The molecule has 2 heterocycles. The van der Waals surface area contributed by atoms with Crippen molar-refractivity contribution in [1.82, 2.24) is 10.6 Å². The molecule has 0 radical (unpaired) electrons. The van der Waals surface area contributed by atoms with Gasteiger partial charge in [-0.15, -0.1) is 0 Å². The lowest BCUT2D eigenvalue weighted by molar-refractivity contribution is 0.0963. The first-order chi connectivity index (χ1) is 12.5. The summed E-state index contributed by atoms with van der Waals surface area (Å²) in [6, 6.07) is 11.0. The molecule has 0 saturated carbocycles. The highest BCUT2D eigenvalue weighted by Crippen LogP contribution is 2.31. The van der Waals surface area contributed by atoms with Crippen molar-refractivity contribution in [2.75, 3.05) is 13.6 Å². The third-order valence-electron chi connectivity index (χ3n) is 4.63. The molecular weight excluding hydrogens is 352 g/mol. The standard InChI is InChI=1S/C19H18N2O4S/c1-20-19(22)12-3-2-4-13(9-12)26(23,24)14-5-6-15-16-7-8-21-11-18(16)25-17(15)10-14/h2-6,9-10,21H,7-8,11H2,1H3,(H,20,22). The quantitative estimate of drug-likeness (QED) is 0.738. The third kappa shape index (κ3) is 2.69. The second-order valence-corrected chi connectivity index (χ2v) is 8.15. The van der Waals surface area contributed by atoms with Crippen molar-refractivity contribution >= 4 is 26.7 Å². The number of benzene rings is 2. The molecule has 1 aliphatic rings. The van der Waals surface area contributed by atoms with Gasteiger partial charge in [0.15, 0.2) is 0 Å². The van der Waals surface area contributed by atoms with Gasteiger partial charge in [-0.2, -0.15) is 0 Å². The molecule has 0 fully saturated rings. The smallest absolute Gasteiger partial charge is 0.251 e. The van der Waals surface area contributed by atoms with Gasteiger partial charge in [0.25, 0.3) is 5.91 Å². The Morgan fingerprint density at radius 3 is 2.77 bits per heavy atom. The van der Waals surface area contributed by atoms with Gasteiger partial charge in [-0.05, 0) is 43.3 Å². The lowest BCUT2D eigenvalue weighted by Gasteiger charge is -2.10. The minimum Gasteiger partial charge on any atom is -0.459 e. The van der Waals surface area contributed by atoms with E-state index in [2.05, 4.69) is 10.6 Å². The molecule has 0 spiro atoms. The van der Waals surface area contributed by atoms with E-state index >= 15 is 0 Å². The maximum atomic E-state index is 13.0. The first kappa shape index (κ1) is 16.8. The summed E-state index contributed by atoms with van der Waals surface area (Å²) in [5.41, 5.74) is 2.01. The van der Waals surface area contributed by atoms with Gasteiger partial charge in [0, 0.05) is 29.6 Å². The van der Waals surface area contributed by atoms with Crippen molar-refractivity contribution in [3.8, 4) is 0 Å². The minimum atomic E-state index is -3.75. The van der Waals surface area contributed by atoms with E-state index in [0.29, 0.717) is 17.7 Å². The van der Waals surface area contributed by atoms with Crippen molar-refractivity contribution in [3.63, 3.8) is 0 Å². The first-order valence-corrected chi connectivity index (χ1v) is 9.81. The van der Waals surface area contributed by atoms with Gasteiger partial charge in [-0.3, -0.25) is 4.79 Å². The highest BCUT2D eigenvalue weighted by Gasteiger charge is 2.23. The molecule has 6 nitrogen and oxygen atoms in total. The molecule has 0 unspecified atom stereocenters. The van der Waals surface area contributed by atoms with Crippen LogP contribution in [0.5, 0.6) is 0 Å². The molecular formula is C19H18N2O4S. The summed E-state index contributed by atoms with van der Waals surface area (Å²) >= 11 is 0. The van der Waals surface area contributed by atoms with Crippen LogP contribution in [0.1, 0.15) is 21.7 Å². The molecule has 134 valence electrons. The van der Waals surface area contributed by atoms with Gasteiger partial charge in [0.05, 0.1) is 16.3 Å². The fourth-order valence-corrected chi connectivity index (χ4v) is 4.59. The summed E-state index contributed by atoms with van der Waals surface area (Å²) in [6.07, 6.45) is 0.864. The molecule has 4 rings (SSSR count). The lowest BCUT2D eigenvalue weighted by Crippen LogP contribution is -2.22. The summed E-state index contributed by atoms with van der Waals surface area (Å²) < 4.78 is 31.8. The molecule has 0 aliphatic carbocycles. The van der Waals surface area contributed by atoms with Gasteiger partial charge in [0.2, 0.25) is 9.84 Å². The van der Waals surface area contributed by atoms with Crippen LogP contribution in [0.25, 0.3) is 11.0 Å². The zero-order valence-corrected chi connectivity index (χ0v) is 15.0. The predicted molar refractivity (Wildman–Crippen MR) is 96.9 cm³/mol. The number of carbonyl (C=O) groups is 1. The van der Waals surface area contributed by atoms with Crippen LogP contribution in [0.3, 0.4) is 0 Å². The van der Waals surface area contributed by atoms with Crippen LogP contribution in [-0.4, -0.2) is 27.9 Å². The van der Waals surface area contributed by atoms with E-state index in [4.69, 9.17) is 4.42 Å². The Kier molecular flexibility index (Phi) is 4.05. The van der Waals surface area contributed by atoms with Crippen LogP contribution < -0.4 is 10.6 Å². The number of fused-ring (bicyclic) bond motifs is 3. The summed E-state index contributed by atoms with van der Waals surface area (Å²) in [6.45, 7) is 1.54. The number of hydrogen-bond donors (Lipinski definition) is 2. The van der Waals surface area contributed by atoms with Crippen molar-refractivity contribution < 1.29 is 17.6 Å². The summed E-state index contributed by atoms with van der Waals surface area (Å²) in [7, 11) is -2.25. The number of amides is 1. The van der Waals surface area contributed by atoms with Crippen molar-refractivity contribution in [1.29, 1.82) is 0 Å². The van der Waals surface area contributed by atoms with Gasteiger partial charge >= 0.3 is 0 Å². The molecule has 1 aliphatic heterocycles. The molecule has 3 aromatic rings. The topological polar surface area (TPSA) is 88.4 Å². The summed E-state index contributed by atoms with van der Waals surface area (Å²) in [4.78, 5) is 12.0. The van der Waals surface area contributed by atoms with Crippen molar-refractivity contribution in [2.45, 2.75) is 22.8 Å². The number of hydrogen-bond acceptors (Lipinski definition) is 5. The lowest BCUT2D eigenvalue weighted by atomic mass is 10.1. The molecule has 2 N–H and O–H groups in total. The van der Waals surface area contributed by atoms with E-state index in [1.807, 2.05) is 0 Å². The second kappa shape index (κ2) is 6.26. The second-order valence-electron chi connectivity index (χ2n) is 6.20. The van der Waals surface area contributed by atoms with E-state index in [1.165, 1.54) is 19.2 Å². The predicted octanol–water partition coefficient (Wildman–Crippen LogP) is 2.27. The van der Waals surface area contributed by atoms with E-state index in [0.717, 1.165) is 29.7 Å². The Hall–Kier alpha value is -2.64. The summed E-state index contributed by atoms with van der Waals surface area (Å²) in [5.74, 6) is 0.533. The minimum absolute atomic E-state index is 0.0796. The molecule has 2 aromatic carbocycles. The normalized spacial score (nSPS) is 14.2. The number of carbonyl (C=O) groups excluding carboxylic acids is 1. The Balaban J connectivity index is 1.80. The van der Waals surface area contributed by atoms with E-state index in [1.54, 1.807) is 30.3 Å². The van der Waals surface area contributed by atoms with E-state index in [-0.39, 0.29) is 15.7 Å². The highest BCUT2D eigenvalue weighted by atomic mass is 32.2. The fourth-order valence-electron chi connectivity index (χ4n) is 3.27. The zero-order chi connectivity index (χ0) is 18.3. The molecule has 0 bridgehead atoms. The van der Waals surface area contributed by atoms with E-state index < -0.39 is 9.84 Å². The van der Waals surface area contributed by atoms with Crippen molar-refractivity contribution in [3.05, 3.63) is 59.4 Å². The Bertz CT molecular complexity index is 1120. The SMILES string of the molecule is CNC(=O)c1cccc(S(=O)(=O)c2ccc3c4c(oc3c2)CNCC4)c1. The Morgan fingerprint density at radius 2 is 1.96 bits per heavy atom.